The Morgan fingerprint density at radius 1 is 1.31 bits per heavy atom. The van der Waals surface area contributed by atoms with Crippen molar-refractivity contribution in [3.63, 3.8) is 0 Å². The Hall–Kier alpha value is -1.44. The lowest BCUT2D eigenvalue weighted by molar-refractivity contribution is 0.102. The highest BCUT2D eigenvalue weighted by molar-refractivity contribution is 7.12. The number of nitrogens with zero attached hydrogens (tertiary/aromatic N) is 1. The Morgan fingerprint density at radius 3 is 2.56 bits per heavy atom. The van der Waals surface area contributed by atoms with E-state index in [1.54, 1.807) is 6.92 Å². The van der Waals surface area contributed by atoms with Gasteiger partial charge in [0.25, 0.3) is 0 Å². The van der Waals surface area contributed by atoms with Gasteiger partial charge >= 0.3 is 0 Å². The van der Waals surface area contributed by atoms with Crippen LogP contribution in [0.1, 0.15) is 32.6 Å². The molecule has 2 heterocycles. The van der Waals surface area contributed by atoms with Crippen LogP contribution in [-0.4, -0.2) is 5.78 Å². The molecule has 0 aliphatic rings. The van der Waals surface area contributed by atoms with Crippen molar-refractivity contribution in [3.8, 4) is 6.07 Å². The number of Topliss-reactive ketones (excluding diaryl/α,β-unsaturated/α-hetero) is 1. The first kappa shape index (κ1) is 11.1. The zero-order valence-electron chi connectivity index (χ0n) is 8.69. The fourth-order valence-corrected chi connectivity index (χ4v) is 2.93. The predicted molar refractivity (Wildman–Crippen MR) is 66.2 cm³/mol. The van der Waals surface area contributed by atoms with Gasteiger partial charge in [-0.3, -0.25) is 4.79 Å². The molecule has 2 aromatic rings. The molecule has 0 fully saturated rings. The maximum atomic E-state index is 11.1. The van der Waals surface area contributed by atoms with Crippen LogP contribution in [0, 0.1) is 11.3 Å². The van der Waals surface area contributed by atoms with Gasteiger partial charge in [0.1, 0.15) is 10.9 Å². The molecule has 0 N–H and O–H groups in total. The molecule has 80 valence electrons. The van der Waals surface area contributed by atoms with Crippen LogP contribution in [0.4, 0.5) is 0 Å². The summed E-state index contributed by atoms with van der Waals surface area (Å²) in [6.07, 6.45) is 0.794. The highest BCUT2D eigenvalue weighted by Gasteiger charge is 2.06. The van der Waals surface area contributed by atoms with Crippen LogP contribution in [0.2, 0.25) is 0 Å². The summed E-state index contributed by atoms with van der Waals surface area (Å²) in [7, 11) is 0. The molecule has 0 bridgehead atoms. The molecule has 2 nitrogen and oxygen atoms in total. The number of rotatable bonds is 3. The quantitative estimate of drug-likeness (QED) is 0.779. The van der Waals surface area contributed by atoms with Crippen LogP contribution in [0.25, 0.3) is 0 Å². The summed E-state index contributed by atoms with van der Waals surface area (Å²) in [6.45, 7) is 1.58. The molecule has 0 radical (unpaired) electrons. The minimum atomic E-state index is 0.110. The second kappa shape index (κ2) is 4.60. The Balaban J connectivity index is 2.14. The molecule has 0 aliphatic carbocycles. The monoisotopic (exact) mass is 247 g/mol. The van der Waals surface area contributed by atoms with Crippen molar-refractivity contribution in [2.24, 2.45) is 0 Å². The van der Waals surface area contributed by atoms with Gasteiger partial charge < -0.3 is 0 Å². The molecule has 0 aromatic carbocycles. The molecule has 0 saturated heterocycles. The van der Waals surface area contributed by atoms with E-state index in [1.807, 2.05) is 22.9 Å². The maximum Gasteiger partial charge on any atom is 0.169 e. The summed E-state index contributed by atoms with van der Waals surface area (Å²) >= 11 is 2.94. The Labute approximate surface area is 102 Å². The van der Waals surface area contributed by atoms with Gasteiger partial charge in [-0.15, -0.1) is 22.7 Å². The summed E-state index contributed by atoms with van der Waals surface area (Å²) in [5.41, 5.74) is 2.27. The van der Waals surface area contributed by atoms with Gasteiger partial charge in [0, 0.05) is 0 Å². The molecular weight excluding hydrogens is 238 g/mol. The van der Waals surface area contributed by atoms with E-state index in [0.717, 1.165) is 27.3 Å². The van der Waals surface area contributed by atoms with Crippen molar-refractivity contribution in [1.82, 2.24) is 0 Å². The Kier molecular flexibility index (Phi) is 3.18. The average Bonchev–Trinajstić information content (AvgIpc) is 2.87. The minimum absolute atomic E-state index is 0.110. The smallest absolute Gasteiger partial charge is 0.169 e. The zero-order valence-corrected chi connectivity index (χ0v) is 10.3. The number of nitriles is 1. The normalized spacial score (nSPS) is 10.0. The van der Waals surface area contributed by atoms with E-state index in [1.165, 1.54) is 22.7 Å². The lowest BCUT2D eigenvalue weighted by Gasteiger charge is -1.91. The third-order valence-electron chi connectivity index (χ3n) is 2.17. The van der Waals surface area contributed by atoms with Crippen LogP contribution in [-0.2, 0) is 6.42 Å². The number of carbonyl (C=O) groups excluding carboxylic acids is 1. The fourth-order valence-electron chi connectivity index (χ4n) is 1.42. The highest BCUT2D eigenvalue weighted by Crippen LogP contribution is 2.21. The Bertz CT molecular complexity index is 560. The van der Waals surface area contributed by atoms with Crippen LogP contribution in [0.3, 0.4) is 0 Å². The first-order valence-corrected chi connectivity index (χ1v) is 6.51. The number of ketones is 1. The van der Waals surface area contributed by atoms with Crippen molar-refractivity contribution in [2.45, 2.75) is 13.3 Å². The molecule has 0 atom stereocenters. The van der Waals surface area contributed by atoms with E-state index in [0.29, 0.717) is 0 Å². The largest absolute Gasteiger partial charge is 0.294 e. The van der Waals surface area contributed by atoms with Gasteiger partial charge in [-0.25, -0.2) is 0 Å². The molecule has 2 aromatic heterocycles. The first-order chi connectivity index (χ1) is 7.69. The first-order valence-electron chi connectivity index (χ1n) is 4.75. The summed E-state index contributed by atoms with van der Waals surface area (Å²) in [4.78, 5) is 12.7. The zero-order chi connectivity index (χ0) is 11.5. The Morgan fingerprint density at radius 2 is 2.00 bits per heavy atom. The van der Waals surface area contributed by atoms with E-state index in [9.17, 15) is 4.79 Å². The summed E-state index contributed by atoms with van der Waals surface area (Å²) in [5.74, 6) is 0.110. The maximum absolute atomic E-state index is 11.1. The predicted octanol–water partition coefficient (Wildman–Crippen LogP) is 3.47. The van der Waals surface area contributed by atoms with Gasteiger partial charge in [-0.2, -0.15) is 5.26 Å². The number of carbonyl (C=O) groups is 1. The topological polar surface area (TPSA) is 40.9 Å². The lowest BCUT2D eigenvalue weighted by atomic mass is 10.1. The third kappa shape index (κ3) is 2.38. The van der Waals surface area contributed by atoms with Crippen LogP contribution < -0.4 is 0 Å². The van der Waals surface area contributed by atoms with Crippen molar-refractivity contribution in [3.05, 3.63) is 43.8 Å². The van der Waals surface area contributed by atoms with Crippen molar-refractivity contribution in [1.29, 1.82) is 5.26 Å². The van der Waals surface area contributed by atoms with Gasteiger partial charge in [0.2, 0.25) is 0 Å². The van der Waals surface area contributed by atoms with E-state index < -0.39 is 0 Å². The molecule has 0 aliphatic heterocycles. The summed E-state index contributed by atoms with van der Waals surface area (Å²) in [6, 6.07) is 5.95. The van der Waals surface area contributed by atoms with Crippen LogP contribution in [0.15, 0.2) is 22.9 Å². The molecular formula is C12H9NOS2. The van der Waals surface area contributed by atoms with Crippen molar-refractivity contribution >= 4 is 28.5 Å². The third-order valence-corrected chi connectivity index (χ3v) is 4.14. The van der Waals surface area contributed by atoms with Crippen LogP contribution >= 0.6 is 22.7 Å². The fraction of sp³-hybridized carbons (Fsp3) is 0.167. The van der Waals surface area contributed by atoms with Crippen LogP contribution in [0.5, 0.6) is 0 Å². The van der Waals surface area contributed by atoms with Gasteiger partial charge in [-0.1, -0.05) is 0 Å². The molecule has 0 amide bonds. The van der Waals surface area contributed by atoms with E-state index in [-0.39, 0.29) is 5.78 Å². The van der Waals surface area contributed by atoms with Gasteiger partial charge in [-0.05, 0) is 47.4 Å². The standard InChI is InChI=1S/C12H9NOS2/c1-8(14)12-4-10(7-16-12)2-9-3-11(5-13)15-6-9/h3-4,6-7H,2H2,1H3. The molecule has 0 unspecified atom stereocenters. The average molecular weight is 247 g/mol. The van der Waals surface area contributed by atoms with Gasteiger partial charge in [0.05, 0.1) is 4.88 Å². The molecule has 0 saturated carbocycles. The number of thiophene rings is 2. The lowest BCUT2D eigenvalue weighted by Crippen LogP contribution is -1.86. The summed E-state index contributed by atoms with van der Waals surface area (Å²) in [5, 5.41) is 12.7. The molecule has 4 heteroatoms. The molecule has 2 rings (SSSR count). The molecule has 0 spiro atoms. The second-order valence-corrected chi connectivity index (χ2v) is 5.31. The minimum Gasteiger partial charge on any atom is -0.294 e. The summed E-state index contributed by atoms with van der Waals surface area (Å²) < 4.78 is 0. The second-order valence-electron chi connectivity index (χ2n) is 3.48. The van der Waals surface area contributed by atoms with E-state index in [4.69, 9.17) is 5.26 Å². The van der Waals surface area contributed by atoms with E-state index >= 15 is 0 Å². The van der Waals surface area contributed by atoms with E-state index in [2.05, 4.69) is 6.07 Å². The SMILES string of the molecule is CC(=O)c1cc(Cc2csc(C#N)c2)cs1. The number of hydrogen-bond acceptors (Lipinski definition) is 4. The van der Waals surface area contributed by atoms with Crippen molar-refractivity contribution < 1.29 is 4.79 Å². The van der Waals surface area contributed by atoms with Crippen molar-refractivity contribution in [2.75, 3.05) is 0 Å². The highest BCUT2D eigenvalue weighted by atomic mass is 32.1. The molecule has 16 heavy (non-hydrogen) atoms. The number of hydrogen-bond donors (Lipinski definition) is 0. The van der Waals surface area contributed by atoms with Gasteiger partial charge in [0.15, 0.2) is 5.78 Å².